The predicted octanol–water partition coefficient (Wildman–Crippen LogP) is 3.72. The number of thiocarbonyl (C=S) groups is 1. The number of primary amides is 1. The number of para-hydroxylation sites is 1. The molecule has 4 N–H and O–H groups in total. The zero-order chi connectivity index (χ0) is 16.1. The third kappa shape index (κ3) is 4.05. The number of nitrogens with one attached hydrogen (secondary N) is 2. The lowest BCUT2D eigenvalue weighted by Crippen LogP contribution is -2.22. The Morgan fingerprint density at radius 3 is 2.27 bits per heavy atom. The first-order valence-corrected chi connectivity index (χ1v) is 7.45. The maximum atomic E-state index is 11.4. The summed E-state index contributed by atoms with van der Waals surface area (Å²) >= 11 is 5.27. The molecule has 0 atom stereocenters. The summed E-state index contributed by atoms with van der Waals surface area (Å²) in [6.07, 6.45) is 0. The van der Waals surface area contributed by atoms with Crippen molar-refractivity contribution in [2.45, 2.75) is 19.8 Å². The summed E-state index contributed by atoms with van der Waals surface area (Å²) in [6.45, 7) is 4.30. The van der Waals surface area contributed by atoms with Crippen LogP contribution in [0.1, 0.15) is 35.7 Å². The summed E-state index contributed by atoms with van der Waals surface area (Å²) < 4.78 is 0. The summed E-state index contributed by atoms with van der Waals surface area (Å²) in [5.74, 6) is -0.00578. The Morgan fingerprint density at radius 2 is 1.68 bits per heavy atom. The fourth-order valence-electron chi connectivity index (χ4n) is 2.04. The third-order valence-corrected chi connectivity index (χ3v) is 3.48. The molecule has 5 heteroatoms. The SMILES string of the molecule is CC(C)c1ccc(NC(=S)Nc2ccccc2C(N)=O)cc1. The summed E-state index contributed by atoms with van der Waals surface area (Å²) in [4.78, 5) is 11.4. The third-order valence-electron chi connectivity index (χ3n) is 3.28. The van der Waals surface area contributed by atoms with Crippen LogP contribution < -0.4 is 16.4 Å². The van der Waals surface area contributed by atoms with Crippen molar-refractivity contribution in [2.24, 2.45) is 5.73 Å². The quantitative estimate of drug-likeness (QED) is 0.753. The first-order valence-electron chi connectivity index (χ1n) is 7.04. The lowest BCUT2D eigenvalue weighted by Gasteiger charge is -2.13. The predicted molar refractivity (Wildman–Crippen MR) is 95.3 cm³/mol. The van der Waals surface area contributed by atoms with Crippen LogP contribution in [0.25, 0.3) is 0 Å². The molecule has 0 aromatic heterocycles. The van der Waals surface area contributed by atoms with Crippen molar-refractivity contribution < 1.29 is 4.79 Å². The van der Waals surface area contributed by atoms with Crippen molar-refractivity contribution in [1.82, 2.24) is 0 Å². The molecule has 0 aliphatic carbocycles. The molecule has 0 radical (unpaired) electrons. The highest BCUT2D eigenvalue weighted by Gasteiger charge is 2.08. The molecule has 2 aromatic rings. The molecular weight excluding hydrogens is 294 g/mol. The topological polar surface area (TPSA) is 67.2 Å². The van der Waals surface area contributed by atoms with E-state index in [-0.39, 0.29) is 0 Å². The normalized spacial score (nSPS) is 10.3. The number of hydrogen-bond donors (Lipinski definition) is 3. The van der Waals surface area contributed by atoms with Crippen molar-refractivity contribution in [3.63, 3.8) is 0 Å². The highest BCUT2D eigenvalue weighted by molar-refractivity contribution is 7.80. The van der Waals surface area contributed by atoms with Gasteiger partial charge in [-0.3, -0.25) is 4.79 Å². The molecule has 4 nitrogen and oxygen atoms in total. The Balaban J connectivity index is 2.06. The largest absolute Gasteiger partial charge is 0.366 e. The van der Waals surface area contributed by atoms with Crippen LogP contribution in [0.3, 0.4) is 0 Å². The number of hydrogen-bond acceptors (Lipinski definition) is 2. The van der Waals surface area contributed by atoms with Gasteiger partial charge >= 0.3 is 0 Å². The second-order valence-electron chi connectivity index (χ2n) is 5.27. The molecule has 0 aliphatic heterocycles. The summed E-state index contributed by atoms with van der Waals surface area (Å²) in [6, 6.07) is 15.1. The van der Waals surface area contributed by atoms with E-state index in [0.29, 0.717) is 22.3 Å². The molecule has 0 saturated heterocycles. The lowest BCUT2D eigenvalue weighted by atomic mass is 10.0. The number of carbonyl (C=O) groups is 1. The fraction of sp³-hybridized carbons (Fsp3) is 0.176. The molecule has 2 rings (SSSR count). The lowest BCUT2D eigenvalue weighted by molar-refractivity contribution is 0.100. The number of benzene rings is 2. The smallest absolute Gasteiger partial charge is 0.250 e. The van der Waals surface area contributed by atoms with Crippen LogP contribution in [-0.2, 0) is 0 Å². The minimum Gasteiger partial charge on any atom is -0.366 e. The van der Waals surface area contributed by atoms with Crippen LogP contribution >= 0.6 is 12.2 Å². The standard InChI is InChI=1S/C17H19N3OS/c1-11(2)12-7-9-13(10-8-12)19-17(22)20-15-6-4-3-5-14(15)16(18)21/h3-11H,1-2H3,(H2,18,21)(H2,19,20,22). The fourth-order valence-corrected chi connectivity index (χ4v) is 2.27. The molecule has 1 amide bonds. The highest BCUT2D eigenvalue weighted by atomic mass is 32.1. The van der Waals surface area contributed by atoms with Crippen LogP contribution in [0.5, 0.6) is 0 Å². The zero-order valence-corrected chi connectivity index (χ0v) is 13.4. The summed E-state index contributed by atoms with van der Waals surface area (Å²) in [7, 11) is 0. The van der Waals surface area contributed by atoms with E-state index in [1.807, 2.05) is 18.2 Å². The second kappa shape index (κ2) is 7.04. The molecule has 0 unspecified atom stereocenters. The van der Waals surface area contributed by atoms with Gasteiger partial charge in [0, 0.05) is 5.69 Å². The summed E-state index contributed by atoms with van der Waals surface area (Å²) in [5.41, 5.74) is 8.49. The van der Waals surface area contributed by atoms with Gasteiger partial charge in [-0.1, -0.05) is 38.1 Å². The molecule has 2 aromatic carbocycles. The van der Waals surface area contributed by atoms with Crippen LogP contribution in [0.15, 0.2) is 48.5 Å². The van der Waals surface area contributed by atoms with Gasteiger partial charge in [0.1, 0.15) is 0 Å². The van der Waals surface area contributed by atoms with Crippen LogP contribution in [0.2, 0.25) is 0 Å². The average molecular weight is 313 g/mol. The first kappa shape index (κ1) is 16.0. The van der Waals surface area contributed by atoms with Gasteiger partial charge in [-0.2, -0.15) is 0 Å². The molecule has 0 fully saturated rings. The highest BCUT2D eigenvalue weighted by Crippen LogP contribution is 2.18. The van der Waals surface area contributed by atoms with Crippen molar-refractivity contribution in [3.8, 4) is 0 Å². The van der Waals surface area contributed by atoms with Gasteiger partial charge in [0.15, 0.2) is 5.11 Å². The number of nitrogens with two attached hydrogens (primary N) is 1. The average Bonchev–Trinajstić information content (AvgIpc) is 2.48. The Hall–Kier alpha value is -2.40. The number of amides is 1. The monoisotopic (exact) mass is 313 g/mol. The molecule has 114 valence electrons. The number of anilines is 2. The summed E-state index contributed by atoms with van der Waals surface area (Å²) in [5, 5.41) is 6.50. The minimum atomic E-state index is -0.493. The molecule has 0 spiro atoms. The van der Waals surface area contributed by atoms with E-state index >= 15 is 0 Å². The molecule has 0 aliphatic rings. The maximum absolute atomic E-state index is 11.4. The van der Waals surface area contributed by atoms with Crippen molar-refractivity contribution in [2.75, 3.05) is 10.6 Å². The van der Waals surface area contributed by atoms with E-state index in [0.717, 1.165) is 5.69 Å². The van der Waals surface area contributed by atoms with E-state index in [1.54, 1.807) is 18.2 Å². The number of carbonyl (C=O) groups excluding carboxylic acids is 1. The van der Waals surface area contributed by atoms with Gasteiger partial charge in [0.25, 0.3) is 5.91 Å². The zero-order valence-electron chi connectivity index (χ0n) is 12.6. The van der Waals surface area contributed by atoms with Gasteiger partial charge < -0.3 is 16.4 Å². The van der Waals surface area contributed by atoms with Gasteiger partial charge in [-0.05, 0) is 48.0 Å². The van der Waals surface area contributed by atoms with Crippen LogP contribution in [0, 0.1) is 0 Å². The molecule has 0 bridgehead atoms. The molecule has 22 heavy (non-hydrogen) atoms. The molecule has 0 heterocycles. The van der Waals surface area contributed by atoms with Gasteiger partial charge in [0.05, 0.1) is 11.3 Å². The van der Waals surface area contributed by atoms with Gasteiger partial charge in [0.2, 0.25) is 0 Å². The van der Waals surface area contributed by atoms with E-state index < -0.39 is 5.91 Å². The minimum absolute atomic E-state index is 0.404. The van der Waals surface area contributed by atoms with Gasteiger partial charge in [-0.25, -0.2) is 0 Å². The van der Waals surface area contributed by atoms with E-state index in [4.69, 9.17) is 18.0 Å². The van der Waals surface area contributed by atoms with Crippen LogP contribution in [-0.4, -0.2) is 11.0 Å². The van der Waals surface area contributed by atoms with Gasteiger partial charge in [-0.15, -0.1) is 0 Å². The van der Waals surface area contributed by atoms with E-state index in [2.05, 4.69) is 36.6 Å². The Morgan fingerprint density at radius 1 is 1.05 bits per heavy atom. The second-order valence-corrected chi connectivity index (χ2v) is 5.67. The Bertz CT molecular complexity index is 681. The van der Waals surface area contributed by atoms with E-state index in [1.165, 1.54) is 5.56 Å². The Kier molecular flexibility index (Phi) is 5.12. The van der Waals surface area contributed by atoms with Crippen molar-refractivity contribution in [1.29, 1.82) is 0 Å². The molecular formula is C17H19N3OS. The number of rotatable bonds is 4. The van der Waals surface area contributed by atoms with Crippen LogP contribution in [0.4, 0.5) is 11.4 Å². The van der Waals surface area contributed by atoms with Crippen molar-refractivity contribution in [3.05, 3.63) is 59.7 Å². The van der Waals surface area contributed by atoms with Crippen molar-refractivity contribution >= 4 is 34.6 Å². The Labute approximate surface area is 135 Å². The first-order chi connectivity index (χ1) is 10.5. The van der Waals surface area contributed by atoms with E-state index in [9.17, 15) is 4.79 Å². The maximum Gasteiger partial charge on any atom is 0.250 e. The molecule has 0 saturated carbocycles.